The lowest BCUT2D eigenvalue weighted by Crippen LogP contribution is -2.04. The third kappa shape index (κ3) is 3.08. The fourth-order valence-corrected chi connectivity index (χ4v) is 2.48. The maximum Gasteiger partial charge on any atom is 0.263 e. The fraction of sp³-hybridized carbons (Fsp3) is 0.167. The minimum atomic E-state index is -2.48. The van der Waals surface area contributed by atoms with Crippen molar-refractivity contribution in [2.45, 2.75) is 19.9 Å². The molecule has 0 aliphatic carbocycles. The van der Waals surface area contributed by atoms with Crippen LogP contribution < -0.4 is 0 Å². The Kier molecular flexibility index (Phi) is 4.10. The van der Waals surface area contributed by atoms with Gasteiger partial charge in [0.15, 0.2) is 0 Å². The molecule has 0 fully saturated rings. The van der Waals surface area contributed by atoms with Crippen LogP contribution in [-0.2, 0) is 6.54 Å². The smallest absolute Gasteiger partial charge is 0.263 e. The van der Waals surface area contributed by atoms with Gasteiger partial charge in [-0.15, -0.1) is 0 Å². The zero-order valence-electron chi connectivity index (χ0n) is 12.6. The number of nitrogens with zero attached hydrogens (tertiary/aromatic N) is 2. The molecule has 2 aromatic carbocycles. The Morgan fingerprint density at radius 2 is 1.78 bits per heavy atom. The lowest BCUT2D eigenvalue weighted by Gasteiger charge is -2.12. The van der Waals surface area contributed by atoms with Crippen LogP contribution in [0.4, 0.5) is 8.78 Å². The quantitative estimate of drug-likeness (QED) is 0.767. The van der Waals surface area contributed by atoms with Crippen molar-refractivity contribution in [3.63, 3.8) is 0 Å². The van der Waals surface area contributed by atoms with Crippen molar-refractivity contribution in [2.75, 3.05) is 0 Å². The Bertz CT molecular complexity index is 810. The van der Waals surface area contributed by atoms with Crippen molar-refractivity contribution < 1.29 is 13.9 Å². The van der Waals surface area contributed by atoms with E-state index in [4.69, 9.17) is 0 Å². The molecule has 1 aromatic heterocycles. The van der Waals surface area contributed by atoms with E-state index in [0.29, 0.717) is 12.4 Å². The molecule has 0 saturated carbocycles. The Labute approximate surface area is 132 Å². The van der Waals surface area contributed by atoms with Crippen LogP contribution in [0.1, 0.15) is 23.2 Å². The van der Waals surface area contributed by atoms with E-state index in [0.717, 1.165) is 16.8 Å². The summed E-state index contributed by atoms with van der Waals surface area (Å²) < 4.78 is 27.3. The summed E-state index contributed by atoms with van der Waals surface area (Å²) in [6, 6.07) is 13.2. The molecule has 3 rings (SSSR count). The van der Waals surface area contributed by atoms with Gasteiger partial charge in [0.25, 0.3) is 6.43 Å². The molecule has 118 valence electrons. The Balaban J connectivity index is 1.97. The van der Waals surface area contributed by atoms with Crippen LogP contribution in [0.2, 0.25) is 0 Å². The Hall–Kier alpha value is -2.69. The minimum absolute atomic E-state index is 0.00992. The first kappa shape index (κ1) is 15.2. The summed E-state index contributed by atoms with van der Waals surface area (Å²) >= 11 is 0. The number of para-hydroxylation sites is 1. The number of hydrogen-bond acceptors (Lipinski definition) is 2. The molecule has 0 aliphatic heterocycles. The Morgan fingerprint density at radius 3 is 2.43 bits per heavy atom. The van der Waals surface area contributed by atoms with Crippen LogP contribution in [0, 0.1) is 6.92 Å². The molecule has 1 heterocycles. The van der Waals surface area contributed by atoms with Gasteiger partial charge in [-0.3, -0.25) is 0 Å². The average molecular weight is 314 g/mol. The van der Waals surface area contributed by atoms with Gasteiger partial charge in [0.2, 0.25) is 0 Å². The second kappa shape index (κ2) is 6.20. The Morgan fingerprint density at radius 1 is 1.09 bits per heavy atom. The lowest BCUT2D eigenvalue weighted by atomic mass is 10.1. The summed E-state index contributed by atoms with van der Waals surface area (Å²) in [5.74, 6) is 0.908. The van der Waals surface area contributed by atoms with Crippen molar-refractivity contribution in [1.29, 1.82) is 0 Å². The van der Waals surface area contributed by atoms with Gasteiger partial charge in [-0.05, 0) is 13.0 Å². The average Bonchev–Trinajstić information content (AvgIpc) is 2.91. The van der Waals surface area contributed by atoms with Gasteiger partial charge in [0, 0.05) is 28.6 Å². The molecule has 0 atom stereocenters. The largest absolute Gasteiger partial charge is 0.508 e. The van der Waals surface area contributed by atoms with Gasteiger partial charge >= 0.3 is 0 Å². The van der Waals surface area contributed by atoms with Crippen molar-refractivity contribution in [3.05, 3.63) is 71.5 Å². The number of rotatable bonds is 4. The normalized spacial score (nSPS) is 11.1. The number of phenols is 1. The van der Waals surface area contributed by atoms with Crippen molar-refractivity contribution in [1.82, 2.24) is 9.55 Å². The summed E-state index contributed by atoms with van der Waals surface area (Å²) in [6.07, 6.45) is -0.747. The number of aryl methyl sites for hydroxylation is 1. The van der Waals surface area contributed by atoms with E-state index in [1.807, 2.05) is 23.6 Å². The highest BCUT2D eigenvalue weighted by atomic mass is 19.3. The summed E-state index contributed by atoms with van der Waals surface area (Å²) in [6.45, 7) is 2.38. The van der Waals surface area contributed by atoms with Gasteiger partial charge in [0.05, 0.1) is 6.54 Å². The molecule has 0 aliphatic rings. The summed E-state index contributed by atoms with van der Waals surface area (Å²) in [4.78, 5) is 4.38. The van der Waals surface area contributed by atoms with Crippen LogP contribution in [0.15, 0.2) is 54.7 Å². The number of hydrogen-bond donors (Lipinski definition) is 1. The van der Waals surface area contributed by atoms with Crippen LogP contribution in [0.3, 0.4) is 0 Å². The number of aromatic nitrogens is 2. The third-order valence-electron chi connectivity index (χ3n) is 3.80. The molecule has 1 N–H and O–H groups in total. The zero-order valence-corrected chi connectivity index (χ0v) is 12.6. The molecule has 0 radical (unpaired) electrons. The van der Waals surface area contributed by atoms with E-state index >= 15 is 0 Å². The molecule has 0 unspecified atom stereocenters. The molecule has 3 aromatic rings. The van der Waals surface area contributed by atoms with Crippen LogP contribution in [-0.4, -0.2) is 14.7 Å². The first-order valence-corrected chi connectivity index (χ1v) is 7.23. The van der Waals surface area contributed by atoms with Gasteiger partial charge in [0.1, 0.15) is 11.6 Å². The van der Waals surface area contributed by atoms with Gasteiger partial charge in [-0.2, -0.15) is 0 Å². The topological polar surface area (TPSA) is 38.0 Å². The summed E-state index contributed by atoms with van der Waals surface area (Å²) in [5, 5.41) is 9.94. The van der Waals surface area contributed by atoms with Crippen LogP contribution >= 0.6 is 0 Å². The minimum Gasteiger partial charge on any atom is -0.508 e. The highest BCUT2D eigenvalue weighted by molar-refractivity contribution is 5.57. The number of phenolic OH excluding ortho intramolecular Hbond substituents is 1. The lowest BCUT2D eigenvalue weighted by molar-refractivity contribution is 0.151. The number of imidazole rings is 1. The molecule has 0 bridgehead atoms. The molecular weight excluding hydrogens is 298 g/mol. The fourth-order valence-electron chi connectivity index (χ4n) is 2.48. The van der Waals surface area contributed by atoms with Crippen LogP contribution in [0.25, 0.3) is 11.4 Å². The predicted molar refractivity (Wildman–Crippen MR) is 84.6 cm³/mol. The van der Waals surface area contributed by atoms with Crippen molar-refractivity contribution in [2.24, 2.45) is 0 Å². The van der Waals surface area contributed by atoms with E-state index in [2.05, 4.69) is 4.98 Å². The second-order valence-electron chi connectivity index (χ2n) is 5.36. The number of halogens is 2. The van der Waals surface area contributed by atoms with Gasteiger partial charge in [-0.1, -0.05) is 42.5 Å². The number of alkyl halides is 2. The standard InChI is InChI=1S/C18H16F2N2O/c1-12-10-21-18(14-8-6-13(7-9-14)17(19)20)22(12)11-15-4-2-3-5-16(15)23/h2-10,17,23H,11H2,1H3. The van der Waals surface area contributed by atoms with E-state index in [1.165, 1.54) is 12.1 Å². The first-order valence-electron chi connectivity index (χ1n) is 7.23. The van der Waals surface area contributed by atoms with Crippen LogP contribution in [0.5, 0.6) is 5.75 Å². The number of benzene rings is 2. The van der Waals surface area contributed by atoms with Crippen molar-refractivity contribution in [3.8, 4) is 17.1 Å². The first-order chi connectivity index (χ1) is 11.1. The molecule has 23 heavy (non-hydrogen) atoms. The monoisotopic (exact) mass is 314 g/mol. The maximum atomic E-state index is 12.7. The van der Waals surface area contributed by atoms with E-state index in [1.54, 1.807) is 30.5 Å². The van der Waals surface area contributed by atoms with Gasteiger partial charge in [-0.25, -0.2) is 13.8 Å². The highest BCUT2D eigenvalue weighted by Crippen LogP contribution is 2.26. The third-order valence-corrected chi connectivity index (χ3v) is 3.80. The van der Waals surface area contributed by atoms with E-state index in [9.17, 15) is 13.9 Å². The maximum absolute atomic E-state index is 12.7. The van der Waals surface area contributed by atoms with E-state index in [-0.39, 0.29) is 11.3 Å². The molecule has 0 saturated heterocycles. The van der Waals surface area contributed by atoms with E-state index < -0.39 is 6.43 Å². The molecule has 0 amide bonds. The predicted octanol–water partition coefficient (Wildman–Crippen LogP) is 4.55. The number of aromatic hydroxyl groups is 1. The van der Waals surface area contributed by atoms with Crippen molar-refractivity contribution >= 4 is 0 Å². The summed E-state index contributed by atoms with van der Waals surface area (Å²) in [5.41, 5.74) is 2.46. The highest BCUT2D eigenvalue weighted by Gasteiger charge is 2.13. The molecule has 3 nitrogen and oxygen atoms in total. The second-order valence-corrected chi connectivity index (χ2v) is 5.36. The summed E-state index contributed by atoms with van der Waals surface area (Å²) in [7, 11) is 0. The SMILES string of the molecule is Cc1cnc(-c2ccc(C(F)F)cc2)n1Cc1ccccc1O. The molecule has 5 heteroatoms. The van der Waals surface area contributed by atoms with Gasteiger partial charge < -0.3 is 9.67 Å². The molecule has 0 spiro atoms. The zero-order chi connectivity index (χ0) is 16.4. The molecular formula is C18H16F2N2O.